The molecule has 10 heteroatoms. The molecule has 0 aliphatic rings. The molecule has 0 fully saturated rings. The molecular weight excluding hydrogens is 1050 g/mol. The van der Waals surface area contributed by atoms with E-state index in [0.717, 1.165) is 32.1 Å². The number of unbranched alkanes of at least 4 members (excludes halogenated alkanes) is 60. The number of carbonyl (C=O) groups excluding carboxylic acids is 2. The van der Waals surface area contributed by atoms with Crippen LogP contribution >= 0.6 is 7.82 Å². The highest BCUT2D eigenvalue weighted by atomic mass is 31.2. The third kappa shape index (κ3) is 70.0. The van der Waals surface area contributed by atoms with Crippen molar-refractivity contribution in [2.45, 2.75) is 431 Å². The minimum Gasteiger partial charge on any atom is -0.462 e. The zero-order valence-corrected chi connectivity index (χ0v) is 56.9. The highest BCUT2D eigenvalue weighted by molar-refractivity contribution is 7.47. The summed E-state index contributed by atoms with van der Waals surface area (Å²) in [5.74, 6) is -0.796. The first kappa shape index (κ1) is 82.0. The molecule has 0 spiro atoms. The minimum absolute atomic E-state index is 0.0589. The van der Waals surface area contributed by atoms with E-state index in [9.17, 15) is 19.0 Å². The Bertz CT molecular complexity index is 1320. The molecule has 2 atom stereocenters. The molecule has 0 rings (SSSR count). The van der Waals surface area contributed by atoms with Crippen LogP contribution in [0.2, 0.25) is 0 Å². The van der Waals surface area contributed by atoms with E-state index >= 15 is 0 Å². The van der Waals surface area contributed by atoms with Crippen LogP contribution in [0.4, 0.5) is 0 Å². The molecular formula is C73H146NO8P. The van der Waals surface area contributed by atoms with Crippen LogP contribution in [0.1, 0.15) is 425 Å². The maximum absolute atomic E-state index is 12.8. The van der Waals surface area contributed by atoms with Crippen LogP contribution in [-0.4, -0.2) is 49.3 Å². The molecule has 9 nitrogen and oxygen atoms in total. The van der Waals surface area contributed by atoms with Gasteiger partial charge in [0.2, 0.25) is 0 Å². The SMILES string of the molecule is CCCCCCCCCCCCCCCCCCCCCCCCCCCCCCCCCCCCCCCCCC(=O)OC(COC(=O)CCCCCCCCCCCCCCCCCCCCCCCCC)COP(=O)(O)OCCN. The van der Waals surface area contributed by atoms with Gasteiger partial charge in [-0.3, -0.25) is 18.6 Å². The van der Waals surface area contributed by atoms with Gasteiger partial charge in [-0.15, -0.1) is 0 Å². The molecule has 0 aromatic heterocycles. The molecule has 83 heavy (non-hydrogen) atoms. The van der Waals surface area contributed by atoms with E-state index in [4.69, 9.17) is 24.3 Å². The van der Waals surface area contributed by atoms with Crippen LogP contribution in [0.3, 0.4) is 0 Å². The average Bonchev–Trinajstić information content (AvgIpc) is 3.48. The molecule has 0 heterocycles. The summed E-state index contributed by atoms with van der Waals surface area (Å²) >= 11 is 0. The quantitative estimate of drug-likeness (QED) is 0.0347. The Hall–Kier alpha value is -0.990. The van der Waals surface area contributed by atoms with Crippen LogP contribution in [-0.2, 0) is 32.7 Å². The summed E-state index contributed by atoms with van der Waals surface area (Å²) in [4.78, 5) is 35.4. The van der Waals surface area contributed by atoms with Crippen LogP contribution < -0.4 is 5.73 Å². The monoisotopic (exact) mass is 1200 g/mol. The lowest BCUT2D eigenvalue weighted by Crippen LogP contribution is -2.29. The number of nitrogens with two attached hydrogens (primary N) is 1. The van der Waals surface area contributed by atoms with E-state index < -0.39 is 26.5 Å². The van der Waals surface area contributed by atoms with Crippen molar-refractivity contribution in [3.05, 3.63) is 0 Å². The maximum atomic E-state index is 12.8. The first-order chi connectivity index (χ1) is 40.8. The Morgan fingerprint density at radius 3 is 0.735 bits per heavy atom. The number of phosphoric acid groups is 1. The van der Waals surface area contributed by atoms with E-state index in [1.54, 1.807) is 0 Å². The zero-order valence-electron chi connectivity index (χ0n) is 56.0. The smallest absolute Gasteiger partial charge is 0.462 e. The Labute approximate surface area is 517 Å². The summed E-state index contributed by atoms with van der Waals surface area (Å²) in [5.41, 5.74) is 5.41. The number of esters is 2. The molecule has 0 aliphatic carbocycles. The van der Waals surface area contributed by atoms with E-state index in [1.165, 1.54) is 360 Å². The predicted molar refractivity (Wildman–Crippen MR) is 358 cm³/mol. The van der Waals surface area contributed by atoms with Gasteiger partial charge in [0, 0.05) is 19.4 Å². The van der Waals surface area contributed by atoms with E-state index in [2.05, 4.69) is 13.8 Å². The van der Waals surface area contributed by atoms with Crippen molar-refractivity contribution in [2.24, 2.45) is 5.73 Å². The summed E-state index contributed by atoms with van der Waals surface area (Å²) in [6.45, 7) is 3.85. The number of carbonyl (C=O) groups is 2. The van der Waals surface area contributed by atoms with Gasteiger partial charge < -0.3 is 20.1 Å². The molecule has 0 aromatic carbocycles. The first-order valence-electron chi connectivity index (χ1n) is 37.5. The minimum atomic E-state index is -4.39. The van der Waals surface area contributed by atoms with E-state index in [0.29, 0.717) is 12.8 Å². The molecule has 0 bridgehead atoms. The van der Waals surface area contributed by atoms with Crippen molar-refractivity contribution in [3.8, 4) is 0 Å². The maximum Gasteiger partial charge on any atom is 0.472 e. The Morgan fingerprint density at radius 1 is 0.313 bits per heavy atom. The topological polar surface area (TPSA) is 134 Å². The summed E-state index contributed by atoms with van der Waals surface area (Å²) in [6, 6.07) is 0. The second-order valence-corrected chi connectivity index (χ2v) is 27.3. The standard InChI is InChI=1S/C73H146NO8P/c1-3-5-7-9-11-13-15-17-19-21-23-25-27-28-29-30-31-32-33-34-35-36-37-38-39-40-41-42-44-46-48-50-52-54-56-58-60-62-64-66-73(76)82-71(70-81-83(77,78)80-68-67-74)69-79-72(75)65-63-61-59-57-55-53-51-49-47-45-43-26-24-22-20-18-16-14-12-10-8-6-4-2/h71H,3-70,74H2,1-2H3,(H,77,78). The normalized spacial score (nSPS) is 12.8. The fourth-order valence-corrected chi connectivity index (χ4v) is 12.7. The Kier molecular flexibility index (Phi) is 69.3. The van der Waals surface area contributed by atoms with Crippen LogP contribution in [0.15, 0.2) is 0 Å². The van der Waals surface area contributed by atoms with E-state index in [-0.39, 0.29) is 32.1 Å². The summed E-state index contributed by atoms with van der Waals surface area (Å²) < 4.78 is 33.2. The van der Waals surface area contributed by atoms with Gasteiger partial charge in [-0.05, 0) is 12.8 Å². The second kappa shape index (κ2) is 70.1. The first-order valence-corrected chi connectivity index (χ1v) is 39.0. The summed E-state index contributed by atoms with van der Waals surface area (Å²) in [6.07, 6.45) is 83.8. The van der Waals surface area contributed by atoms with Gasteiger partial charge in [0.05, 0.1) is 13.2 Å². The average molecular weight is 1200 g/mol. The van der Waals surface area contributed by atoms with Gasteiger partial charge in [-0.1, -0.05) is 399 Å². The van der Waals surface area contributed by atoms with Crippen molar-refractivity contribution < 1.29 is 37.6 Å². The lowest BCUT2D eigenvalue weighted by molar-refractivity contribution is -0.161. The van der Waals surface area contributed by atoms with Crippen molar-refractivity contribution in [3.63, 3.8) is 0 Å². The van der Waals surface area contributed by atoms with Crippen LogP contribution in [0, 0.1) is 0 Å². The highest BCUT2D eigenvalue weighted by Gasteiger charge is 2.26. The summed E-state index contributed by atoms with van der Waals surface area (Å²) in [7, 11) is -4.39. The fraction of sp³-hybridized carbons (Fsp3) is 0.973. The Balaban J connectivity index is 3.72. The number of ether oxygens (including phenoxy) is 2. The molecule has 0 aliphatic heterocycles. The van der Waals surface area contributed by atoms with Gasteiger partial charge in [0.15, 0.2) is 6.10 Å². The highest BCUT2D eigenvalue weighted by Crippen LogP contribution is 2.43. The van der Waals surface area contributed by atoms with Crippen molar-refractivity contribution in [1.29, 1.82) is 0 Å². The number of hydrogen-bond acceptors (Lipinski definition) is 8. The molecule has 0 radical (unpaired) electrons. The molecule has 0 saturated heterocycles. The molecule has 0 amide bonds. The van der Waals surface area contributed by atoms with Crippen molar-refractivity contribution in [2.75, 3.05) is 26.4 Å². The molecule has 0 saturated carbocycles. The van der Waals surface area contributed by atoms with Crippen molar-refractivity contribution in [1.82, 2.24) is 0 Å². The Morgan fingerprint density at radius 2 is 0.518 bits per heavy atom. The second-order valence-electron chi connectivity index (χ2n) is 25.9. The lowest BCUT2D eigenvalue weighted by atomic mass is 10.0. The summed E-state index contributed by atoms with van der Waals surface area (Å²) in [5, 5.41) is 0. The number of phosphoric ester groups is 1. The van der Waals surface area contributed by atoms with Gasteiger partial charge in [-0.2, -0.15) is 0 Å². The van der Waals surface area contributed by atoms with Gasteiger partial charge in [-0.25, -0.2) is 4.57 Å². The number of rotatable bonds is 73. The molecule has 0 aromatic rings. The largest absolute Gasteiger partial charge is 0.472 e. The van der Waals surface area contributed by atoms with Gasteiger partial charge in [0.25, 0.3) is 0 Å². The molecule has 496 valence electrons. The van der Waals surface area contributed by atoms with Crippen LogP contribution in [0.25, 0.3) is 0 Å². The van der Waals surface area contributed by atoms with Gasteiger partial charge in [0.1, 0.15) is 6.61 Å². The van der Waals surface area contributed by atoms with E-state index in [1.807, 2.05) is 0 Å². The third-order valence-electron chi connectivity index (χ3n) is 17.5. The third-order valence-corrected chi connectivity index (χ3v) is 18.5. The van der Waals surface area contributed by atoms with Crippen molar-refractivity contribution >= 4 is 19.8 Å². The van der Waals surface area contributed by atoms with Gasteiger partial charge >= 0.3 is 19.8 Å². The fourth-order valence-electron chi connectivity index (χ4n) is 11.9. The lowest BCUT2D eigenvalue weighted by Gasteiger charge is -2.19. The number of hydrogen-bond donors (Lipinski definition) is 2. The zero-order chi connectivity index (χ0) is 60.1. The van der Waals surface area contributed by atoms with Crippen LogP contribution in [0.5, 0.6) is 0 Å². The predicted octanol–water partition coefficient (Wildman–Crippen LogP) is 24.5. The molecule has 3 N–H and O–H groups in total. The molecule has 2 unspecified atom stereocenters.